The molecule has 0 aliphatic carbocycles. The second-order valence-electron chi connectivity index (χ2n) is 4.86. The fourth-order valence-corrected chi connectivity index (χ4v) is 3.80. The van der Waals surface area contributed by atoms with Crippen LogP contribution in [-0.2, 0) is 26.0 Å². The van der Waals surface area contributed by atoms with E-state index in [-0.39, 0.29) is 18.0 Å². The van der Waals surface area contributed by atoms with Crippen LogP contribution in [0.4, 0.5) is 5.69 Å². The number of anilines is 1. The summed E-state index contributed by atoms with van der Waals surface area (Å²) in [6, 6.07) is 5.00. The Morgan fingerprint density at radius 2 is 2.05 bits per heavy atom. The van der Waals surface area contributed by atoms with E-state index in [1.807, 2.05) is 0 Å². The van der Waals surface area contributed by atoms with E-state index in [0.717, 1.165) is 5.56 Å². The van der Waals surface area contributed by atoms with Gasteiger partial charge in [-0.3, -0.25) is 13.9 Å². The van der Waals surface area contributed by atoms with Crippen molar-refractivity contribution < 1.29 is 22.7 Å². The van der Waals surface area contributed by atoms with E-state index in [0.29, 0.717) is 24.2 Å². The Hall–Kier alpha value is -1.89. The zero-order valence-electron chi connectivity index (χ0n) is 12.0. The summed E-state index contributed by atoms with van der Waals surface area (Å²) in [6.07, 6.45) is 0.393. The number of sulfonamides is 1. The van der Waals surface area contributed by atoms with E-state index in [4.69, 9.17) is 0 Å². The van der Waals surface area contributed by atoms with Crippen LogP contribution in [-0.4, -0.2) is 39.6 Å². The summed E-state index contributed by atoms with van der Waals surface area (Å²) in [5.41, 5.74) is 2.00. The number of rotatable bonds is 5. The van der Waals surface area contributed by atoms with Crippen LogP contribution < -0.4 is 4.31 Å². The molecule has 0 aromatic heterocycles. The first-order valence-electron chi connectivity index (χ1n) is 6.56. The molecule has 1 aromatic rings. The third-order valence-corrected chi connectivity index (χ3v) is 5.24. The monoisotopic (exact) mass is 311 g/mol. The highest BCUT2D eigenvalue weighted by Gasteiger charge is 2.30. The van der Waals surface area contributed by atoms with E-state index in [9.17, 15) is 18.0 Å². The fourth-order valence-electron chi connectivity index (χ4n) is 2.30. The highest BCUT2D eigenvalue weighted by atomic mass is 32.2. The van der Waals surface area contributed by atoms with Crippen LogP contribution in [0.2, 0.25) is 0 Å². The van der Waals surface area contributed by atoms with Gasteiger partial charge in [-0.2, -0.15) is 0 Å². The first-order chi connectivity index (χ1) is 9.85. The summed E-state index contributed by atoms with van der Waals surface area (Å²) >= 11 is 0. The molecule has 1 aromatic carbocycles. The van der Waals surface area contributed by atoms with Crippen molar-refractivity contribution in [1.82, 2.24) is 0 Å². The van der Waals surface area contributed by atoms with Crippen molar-refractivity contribution in [3.05, 3.63) is 29.3 Å². The molecule has 0 N–H and O–H groups in total. The summed E-state index contributed by atoms with van der Waals surface area (Å²) < 4.78 is 30.3. The summed E-state index contributed by atoms with van der Waals surface area (Å²) in [5, 5.41) is 0. The molecule has 114 valence electrons. The number of ether oxygens (including phenoxy) is 1. The van der Waals surface area contributed by atoms with Crippen LogP contribution in [0, 0.1) is 0 Å². The Balaban J connectivity index is 2.22. The number of benzene rings is 1. The molecule has 6 nitrogen and oxygen atoms in total. The SMILES string of the molecule is COC(=O)CCS(=O)(=O)N1CCc2cc(C(C)=O)ccc21. The maximum absolute atomic E-state index is 12.3. The molecule has 0 spiro atoms. The molecule has 0 saturated carbocycles. The molecule has 1 aliphatic heterocycles. The van der Waals surface area contributed by atoms with Gasteiger partial charge in [0.15, 0.2) is 5.78 Å². The molecule has 21 heavy (non-hydrogen) atoms. The number of carbonyl (C=O) groups is 2. The van der Waals surface area contributed by atoms with Gasteiger partial charge in [0, 0.05) is 12.1 Å². The van der Waals surface area contributed by atoms with Gasteiger partial charge in [-0.1, -0.05) is 0 Å². The van der Waals surface area contributed by atoms with Gasteiger partial charge in [0.2, 0.25) is 10.0 Å². The fraction of sp³-hybridized carbons (Fsp3) is 0.429. The average Bonchev–Trinajstić information content (AvgIpc) is 2.88. The highest BCUT2D eigenvalue weighted by molar-refractivity contribution is 7.92. The van der Waals surface area contributed by atoms with Crippen LogP contribution in [0.5, 0.6) is 0 Å². The number of methoxy groups -OCH3 is 1. The van der Waals surface area contributed by atoms with E-state index in [1.54, 1.807) is 18.2 Å². The van der Waals surface area contributed by atoms with E-state index in [2.05, 4.69) is 4.74 Å². The normalized spacial score (nSPS) is 13.9. The molecule has 1 aliphatic rings. The van der Waals surface area contributed by atoms with Crippen molar-refractivity contribution in [3.63, 3.8) is 0 Å². The first-order valence-corrected chi connectivity index (χ1v) is 8.17. The molecule has 0 fully saturated rings. The van der Waals surface area contributed by atoms with Crippen molar-refractivity contribution in [2.45, 2.75) is 19.8 Å². The third-order valence-electron chi connectivity index (χ3n) is 3.47. The average molecular weight is 311 g/mol. The third kappa shape index (κ3) is 3.24. The van der Waals surface area contributed by atoms with Crippen molar-refractivity contribution in [1.29, 1.82) is 0 Å². The van der Waals surface area contributed by atoms with Crippen LogP contribution >= 0.6 is 0 Å². The second kappa shape index (κ2) is 5.85. The second-order valence-corrected chi connectivity index (χ2v) is 6.88. The first kappa shape index (κ1) is 15.5. The molecule has 1 heterocycles. The quantitative estimate of drug-likeness (QED) is 0.602. The summed E-state index contributed by atoms with van der Waals surface area (Å²) in [7, 11) is -2.34. The van der Waals surface area contributed by atoms with Gasteiger partial charge in [-0.05, 0) is 37.1 Å². The standard InChI is InChI=1S/C14H17NO5S/c1-10(16)11-3-4-13-12(9-11)5-7-15(13)21(18,19)8-6-14(17)20-2/h3-4,9H,5-8H2,1-2H3. The van der Waals surface area contributed by atoms with Crippen molar-refractivity contribution >= 4 is 27.5 Å². The summed E-state index contributed by atoms with van der Waals surface area (Å²) in [5.74, 6) is -0.886. The summed E-state index contributed by atoms with van der Waals surface area (Å²) in [6.45, 7) is 1.81. The maximum atomic E-state index is 12.3. The number of hydrogen-bond donors (Lipinski definition) is 0. The van der Waals surface area contributed by atoms with Gasteiger partial charge in [-0.15, -0.1) is 0 Å². The number of nitrogens with zero attached hydrogens (tertiary/aromatic N) is 1. The Kier molecular flexibility index (Phi) is 4.32. The number of ketones is 1. The molecule has 0 bridgehead atoms. The Bertz CT molecular complexity index is 681. The van der Waals surface area contributed by atoms with E-state index < -0.39 is 16.0 Å². The zero-order chi connectivity index (χ0) is 15.6. The van der Waals surface area contributed by atoms with Gasteiger partial charge in [0.05, 0.1) is 25.0 Å². The van der Waals surface area contributed by atoms with Crippen molar-refractivity contribution in [2.24, 2.45) is 0 Å². The Morgan fingerprint density at radius 1 is 1.33 bits per heavy atom. The van der Waals surface area contributed by atoms with Gasteiger partial charge in [0.1, 0.15) is 0 Å². The maximum Gasteiger partial charge on any atom is 0.306 e. The van der Waals surface area contributed by atoms with Gasteiger partial charge in [-0.25, -0.2) is 8.42 Å². The number of fused-ring (bicyclic) bond motifs is 1. The van der Waals surface area contributed by atoms with Crippen molar-refractivity contribution in [3.8, 4) is 0 Å². The minimum absolute atomic E-state index is 0.0511. The number of hydrogen-bond acceptors (Lipinski definition) is 5. The van der Waals surface area contributed by atoms with Crippen LogP contribution in [0.25, 0.3) is 0 Å². The van der Waals surface area contributed by atoms with Crippen LogP contribution in [0.15, 0.2) is 18.2 Å². The topological polar surface area (TPSA) is 80.8 Å². The van der Waals surface area contributed by atoms with Gasteiger partial charge >= 0.3 is 5.97 Å². The Morgan fingerprint density at radius 3 is 2.67 bits per heavy atom. The number of carbonyl (C=O) groups excluding carboxylic acids is 2. The van der Waals surface area contributed by atoms with Gasteiger partial charge < -0.3 is 4.74 Å². The van der Waals surface area contributed by atoms with E-state index in [1.165, 1.54) is 18.3 Å². The molecular weight excluding hydrogens is 294 g/mol. The number of Topliss-reactive ketones (excluding diaryl/α,β-unsaturated/α-hetero) is 1. The highest BCUT2D eigenvalue weighted by Crippen LogP contribution is 2.31. The molecule has 0 saturated heterocycles. The lowest BCUT2D eigenvalue weighted by molar-refractivity contribution is -0.140. The lowest BCUT2D eigenvalue weighted by atomic mass is 10.1. The largest absolute Gasteiger partial charge is 0.469 e. The van der Waals surface area contributed by atoms with Crippen molar-refractivity contribution in [2.75, 3.05) is 23.7 Å². The molecule has 2 rings (SSSR count). The molecule has 0 amide bonds. The Labute approximate surface area is 123 Å². The molecule has 7 heteroatoms. The number of esters is 1. The van der Waals surface area contributed by atoms with E-state index >= 15 is 0 Å². The van der Waals surface area contributed by atoms with Crippen LogP contribution in [0.1, 0.15) is 29.3 Å². The molecule has 0 unspecified atom stereocenters. The molecular formula is C14H17NO5S. The smallest absolute Gasteiger partial charge is 0.306 e. The predicted octanol–water partition coefficient (Wildman–Crippen LogP) is 1.14. The predicted molar refractivity (Wildman–Crippen MR) is 77.9 cm³/mol. The lowest BCUT2D eigenvalue weighted by Crippen LogP contribution is -2.32. The zero-order valence-corrected chi connectivity index (χ0v) is 12.8. The lowest BCUT2D eigenvalue weighted by Gasteiger charge is -2.19. The molecule has 0 radical (unpaired) electrons. The van der Waals surface area contributed by atoms with Crippen LogP contribution in [0.3, 0.4) is 0 Å². The molecule has 0 atom stereocenters. The van der Waals surface area contributed by atoms with Gasteiger partial charge in [0.25, 0.3) is 0 Å². The minimum Gasteiger partial charge on any atom is -0.469 e. The minimum atomic E-state index is -3.56. The summed E-state index contributed by atoms with van der Waals surface area (Å²) in [4.78, 5) is 22.4.